The van der Waals surface area contributed by atoms with Gasteiger partial charge in [-0.1, -0.05) is 36.4 Å². The molecule has 1 fully saturated rings. The fourth-order valence-electron chi connectivity index (χ4n) is 3.18. The van der Waals surface area contributed by atoms with E-state index < -0.39 is 0 Å². The Bertz CT molecular complexity index is 1070. The molecule has 0 amide bonds. The summed E-state index contributed by atoms with van der Waals surface area (Å²) in [4.78, 5) is 2.18. The maximum atomic E-state index is 5.45. The minimum absolute atomic E-state index is 0.503. The molecule has 0 N–H and O–H groups in total. The number of thioether (sulfide) groups is 1. The second kappa shape index (κ2) is 8.60. The second-order valence-corrected chi connectivity index (χ2v) is 7.62. The molecule has 0 saturated carbocycles. The van der Waals surface area contributed by atoms with Crippen molar-refractivity contribution in [3.05, 3.63) is 66.7 Å². The first kappa shape index (κ1) is 18.7. The number of fused-ring (bicyclic) bond motifs is 1. The Balaban J connectivity index is 1.51. The highest BCUT2D eigenvalue weighted by Gasteiger charge is 2.25. The van der Waals surface area contributed by atoms with Crippen molar-refractivity contribution >= 4 is 39.8 Å². The number of rotatable bonds is 3. The molecule has 150 valence electrons. The van der Waals surface area contributed by atoms with Crippen LogP contribution in [0.2, 0.25) is 0 Å². The van der Waals surface area contributed by atoms with Gasteiger partial charge in [0.15, 0.2) is 10.8 Å². The summed E-state index contributed by atoms with van der Waals surface area (Å²) in [5.74, 6) is 0.822. The molecule has 8 nitrogen and oxygen atoms in total. The first-order valence-electron chi connectivity index (χ1n) is 9.66. The van der Waals surface area contributed by atoms with Crippen molar-refractivity contribution in [2.24, 2.45) is 15.3 Å². The van der Waals surface area contributed by atoms with Crippen molar-refractivity contribution in [1.29, 1.82) is 0 Å². The van der Waals surface area contributed by atoms with E-state index in [2.05, 4.69) is 25.3 Å². The van der Waals surface area contributed by atoms with Crippen molar-refractivity contribution in [3.63, 3.8) is 0 Å². The minimum Gasteiger partial charge on any atom is -0.378 e. The number of anilines is 3. The van der Waals surface area contributed by atoms with Gasteiger partial charge in [-0.3, -0.25) is 0 Å². The molecule has 9 heteroatoms. The Morgan fingerprint density at radius 2 is 1.60 bits per heavy atom. The number of hydrogen-bond donors (Lipinski definition) is 0. The molecule has 2 aromatic carbocycles. The predicted octanol–water partition coefficient (Wildman–Crippen LogP) is 4.61. The summed E-state index contributed by atoms with van der Waals surface area (Å²) in [6, 6.07) is 21.6. The molecule has 3 aromatic rings. The summed E-state index contributed by atoms with van der Waals surface area (Å²) in [6.07, 6.45) is 0. The van der Waals surface area contributed by atoms with Crippen LogP contribution in [-0.2, 0) is 4.74 Å². The summed E-state index contributed by atoms with van der Waals surface area (Å²) in [5, 5.41) is 25.4. The van der Waals surface area contributed by atoms with Crippen LogP contribution in [0.1, 0.15) is 0 Å². The van der Waals surface area contributed by atoms with E-state index in [1.807, 2.05) is 71.7 Å². The van der Waals surface area contributed by atoms with E-state index in [1.54, 1.807) is 0 Å². The minimum atomic E-state index is 0.503. The largest absolute Gasteiger partial charge is 0.378 e. The Morgan fingerprint density at radius 3 is 2.37 bits per heavy atom. The first-order valence-corrected chi connectivity index (χ1v) is 10.5. The van der Waals surface area contributed by atoms with Gasteiger partial charge in [-0.25, -0.2) is 5.01 Å². The molecule has 0 spiro atoms. The van der Waals surface area contributed by atoms with Crippen molar-refractivity contribution in [2.75, 3.05) is 36.2 Å². The van der Waals surface area contributed by atoms with E-state index in [9.17, 15) is 0 Å². The van der Waals surface area contributed by atoms with Gasteiger partial charge >= 0.3 is 0 Å². The molecular formula is C21H19N7OS. The number of aromatic nitrogens is 2. The number of benzene rings is 2. The van der Waals surface area contributed by atoms with E-state index in [0.29, 0.717) is 18.4 Å². The van der Waals surface area contributed by atoms with E-state index in [0.717, 1.165) is 41.0 Å². The highest BCUT2D eigenvalue weighted by Crippen LogP contribution is 2.40. The van der Waals surface area contributed by atoms with Crippen molar-refractivity contribution in [1.82, 2.24) is 10.2 Å². The van der Waals surface area contributed by atoms with Crippen LogP contribution in [0.4, 0.5) is 22.9 Å². The van der Waals surface area contributed by atoms with Crippen LogP contribution in [0, 0.1) is 0 Å². The lowest BCUT2D eigenvalue weighted by atomic mass is 10.3. The maximum Gasteiger partial charge on any atom is 0.234 e. The maximum absolute atomic E-state index is 5.45. The molecule has 2 aliphatic rings. The van der Waals surface area contributed by atoms with Crippen LogP contribution in [0.3, 0.4) is 0 Å². The zero-order valence-electron chi connectivity index (χ0n) is 16.1. The monoisotopic (exact) mass is 417 g/mol. The van der Waals surface area contributed by atoms with Crippen molar-refractivity contribution < 1.29 is 4.74 Å². The van der Waals surface area contributed by atoms with Crippen molar-refractivity contribution in [2.45, 2.75) is 5.03 Å². The van der Waals surface area contributed by atoms with Crippen LogP contribution in [0.5, 0.6) is 0 Å². The summed E-state index contributed by atoms with van der Waals surface area (Å²) >= 11 is 1.36. The number of ether oxygens (including phenoxy) is 1. The van der Waals surface area contributed by atoms with E-state index in [4.69, 9.17) is 9.84 Å². The normalized spacial score (nSPS) is 16.5. The lowest BCUT2D eigenvalue weighted by Gasteiger charge is -2.30. The van der Waals surface area contributed by atoms with Gasteiger partial charge in [0.2, 0.25) is 5.17 Å². The molecule has 0 atom stereocenters. The number of morpholine rings is 1. The average Bonchev–Trinajstić information content (AvgIpc) is 2.83. The predicted molar refractivity (Wildman–Crippen MR) is 118 cm³/mol. The molecular weight excluding hydrogens is 398 g/mol. The molecule has 30 heavy (non-hydrogen) atoms. The third-order valence-electron chi connectivity index (χ3n) is 4.67. The highest BCUT2D eigenvalue weighted by molar-refractivity contribution is 8.14. The van der Waals surface area contributed by atoms with Crippen LogP contribution in [-0.4, -0.2) is 41.7 Å². The third-order valence-corrected chi connectivity index (χ3v) is 5.50. The number of nitrogens with zero attached hydrogens (tertiary/aromatic N) is 7. The van der Waals surface area contributed by atoms with Crippen LogP contribution in [0.25, 0.3) is 0 Å². The number of hydrazone groups is 1. The average molecular weight is 417 g/mol. The number of hydrogen-bond acceptors (Lipinski definition) is 9. The smallest absolute Gasteiger partial charge is 0.234 e. The van der Waals surface area contributed by atoms with Gasteiger partial charge in [-0.2, -0.15) is 0 Å². The Morgan fingerprint density at radius 1 is 0.867 bits per heavy atom. The molecule has 1 saturated heterocycles. The Hall–Kier alpha value is -3.30. The summed E-state index contributed by atoms with van der Waals surface area (Å²) in [5.41, 5.74) is 2.57. The summed E-state index contributed by atoms with van der Waals surface area (Å²) in [6.45, 7) is 2.98. The SMILES string of the molecule is c1ccc(N=NC2=NN(c3ccccc3)c3cc(N4CCOCC4)nnc3S2)cc1. The lowest BCUT2D eigenvalue weighted by Crippen LogP contribution is -2.37. The van der Waals surface area contributed by atoms with Gasteiger partial charge in [-0.05, 0) is 36.0 Å². The van der Waals surface area contributed by atoms with Crippen LogP contribution >= 0.6 is 11.8 Å². The van der Waals surface area contributed by atoms with Gasteiger partial charge in [-0.15, -0.1) is 25.5 Å². The van der Waals surface area contributed by atoms with Gasteiger partial charge in [0.25, 0.3) is 0 Å². The third kappa shape index (κ3) is 4.03. The first-order chi connectivity index (χ1) is 14.9. The van der Waals surface area contributed by atoms with Gasteiger partial charge < -0.3 is 9.64 Å². The second-order valence-electron chi connectivity index (χ2n) is 6.66. The quantitative estimate of drug-likeness (QED) is 0.579. The lowest BCUT2D eigenvalue weighted by molar-refractivity contribution is 0.122. The fraction of sp³-hybridized carbons (Fsp3) is 0.190. The molecule has 0 radical (unpaired) electrons. The Labute approximate surface area is 178 Å². The molecule has 0 bridgehead atoms. The van der Waals surface area contributed by atoms with E-state index in [1.165, 1.54) is 11.8 Å². The number of azo groups is 1. The molecule has 3 heterocycles. The van der Waals surface area contributed by atoms with Crippen molar-refractivity contribution in [3.8, 4) is 0 Å². The molecule has 5 rings (SSSR count). The standard InChI is InChI=1S/C21H19N7OS/c1-3-7-16(8-4-1)22-25-21-26-28(17-9-5-2-6-10-17)18-15-19(23-24-20(18)30-21)27-11-13-29-14-12-27/h1-10,15H,11-14H2. The summed E-state index contributed by atoms with van der Waals surface area (Å²) in [7, 11) is 0. The zero-order valence-corrected chi connectivity index (χ0v) is 16.9. The topological polar surface area (TPSA) is 78.6 Å². The summed E-state index contributed by atoms with van der Waals surface area (Å²) < 4.78 is 5.45. The Kier molecular flexibility index (Phi) is 5.36. The van der Waals surface area contributed by atoms with Crippen LogP contribution in [0.15, 0.2) is 87.1 Å². The molecule has 2 aliphatic heterocycles. The van der Waals surface area contributed by atoms with Gasteiger partial charge in [0.05, 0.1) is 24.6 Å². The van der Waals surface area contributed by atoms with Gasteiger partial charge in [0.1, 0.15) is 5.69 Å². The highest BCUT2D eigenvalue weighted by atomic mass is 32.2. The fourth-order valence-corrected chi connectivity index (χ4v) is 3.89. The van der Waals surface area contributed by atoms with Crippen LogP contribution < -0.4 is 9.91 Å². The van der Waals surface area contributed by atoms with E-state index in [-0.39, 0.29) is 0 Å². The molecule has 1 aromatic heterocycles. The molecule has 0 unspecified atom stereocenters. The zero-order chi connectivity index (χ0) is 20.2. The molecule has 0 aliphatic carbocycles. The van der Waals surface area contributed by atoms with E-state index >= 15 is 0 Å². The number of para-hydroxylation sites is 1. The number of amidine groups is 1. The van der Waals surface area contributed by atoms with Gasteiger partial charge in [0, 0.05) is 19.2 Å².